The first kappa shape index (κ1) is 12.9. The maximum atomic E-state index is 5.96. The molecule has 1 aliphatic rings. The van der Waals surface area contributed by atoms with Gasteiger partial charge >= 0.3 is 0 Å². The van der Waals surface area contributed by atoms with E-state index < -0.39 is 0 Å². The van der Waals surface area contributed by atoms with Crippen LogP contribution in [-0.2, 0) is 0 Å². The quantitative estimate of drug-likeness (QED) is 0.891. The van der Waals surface area contributed by atoms with Gasteiger partial charge in [0.05, 0.1) is 0 Å². The van der Waals surface area contributed by atoms with Gasteiger partial charge in [-0.25, -0.2) is 0 Å². The van der Waals surface area contributed by atoms with Crippen molar-refractivity contribution in [2.75, 3.05) is 19.6 Å². The molecule has 0 saturated carbocycles. The number of hydrogen-bond acceptors (Lipinski definition) is 4. The Morgan fingerprint density at radius 2 is 1.94 bits per heavy atom. The number of thioether (sulfide) groups is 1. The fourth-order valence-corrected chi connectivity index (χ4v) is 3.90. The zero-order valence-electron chi connectivity index (χ0n) is 10.5. The van der Waals surface area contributed by atoms with E-state index in [4.69, 9.17) is 5.73 Å². The zero-order chi connectivity index (χ0) is 12.3. The third-order valence-electron chi connectivity index (χ3n) is 3.20. The molecule has 3 unspecified atom stereocenters. The summed E-state index contributed by atoms with van der Waals surface area (Å²) in [5.41, 5.74) is 7.24. The Morgan fingerprint density at radius 3 is 2.47 bits per heavy atom. The third-order valence-corrected chi connectivity index (χ3v) is 4.43. The van der Waals surface area contributed by atoms with Gasteiger partial charge in [-0.3, -0.25) is 9.88 Å². The molecule has 1 aromatic heterocycles. The highest BCUT2D eigenvalue weighted by molar-refractivity contribution is 8.00. The van der Waals surface area contributed by atoms with Gasteiger partial charge in [0.2, 0.25) is 0 Å². The number of nitrogens with zero attached hydrogens (tertiary/aromatic N) is 2. The van der Waals surface area contributed by atoms with Gasteiger partial charge < -0.3 is 5.73 Å². The minimum Gasteiger partial charge on any atom is -0.329 e. The fraction of sp³-hybridized carbons (Fsp3) is 0.615. The van der Waals surface area contributed by atoms with E-state index in [1.54, 1.807) is 0 Å². The molecule has 0 bridgehead atoms. The number of pyridine rings is 1. The third kappa shape index (κ3) is 3.21. The molecule has 2 heterocycles. The molecule has 4 heteroatoms. The molecule has 0 radical (unpaired) electrons. The molecule has 1 aromatic rings. The van der Waals surface area contributed by atoms with Crippen LogP contribution in [0.15, 0.2) is 24.5 Å². The first-order chi connectivity index (χ1) is 8.20. The molecule has 1 aliphatic heterocycles. The van der Waals surface area contributed by atoms with Crippen LogP contribution in [0.3, 0.4) is 0 Å². The van der Waals surface area contributed by atoms with Crippen LogP contribution in [0, 0.1) is 0 Å². The second kappa shape index (κ2) is 5.85. The van der Waals surface area contributed by atoms with E-state index >= 15 is 0 Å². The van der Waals surface area contributed by atoms with Gasteiger partial charge in [-0.2, -0.15) is 11.8 Å². The van der Waals surface area contributed by atoms with Gasteiger partial charge in [0.15, 0.2) is 0 Å². The Labute approximate surface area is 108 Å². The summed E-state index contributed by atoms with van der Waals surface area (Å²) in [7, 11) is 0. The predicted molar refractivity (Wildman–Crippen MR) is 74.1 cm³/mol. The SMILES string of the molecule is CC1CN(C(CN)c2ccncc2)CC(C)S1. The van der Waals surface area contributed by atoms with Gasteiger partial charge in [0.25, 0.3) is 0 Å². The summed E-state index contributed by atoms with van der Waals surface area (Å²) < 4.78 is 0. The van der Waals surface area contributed by atoms with Crippen molar-refractivity contribution in [3.8, 4) is 0 Å². The Bertz CT molecular complexity index is 334. The summed E-state index contributed by atoms with van der Waals surface area (Å²) in [5.74, 6) is 0. The second-order valence-corrected chi connectivity index (χ2v) is 6.62. The second-order valence-electron chi connectivity index (χ2n) is 4.74. The highest BCUT2D eigenvalue weighted by atomic mass is 32.2. The van der Waals surface area contributed by atoms with Crippen molar-refractivity contribution in [2.24, 2.45) is 5.73 Å². The lowest BCUT2D eigenvalue weighted by molar-refractivity contribution is 0.199. The molecule has 2 N–H and O–H groups in total. The standard InChI is InChI=1S/C13H21N3S/c1-10-8-16(9-11(2)17-10)13(7-14)12-3-5-15-6-4-12/h3-6,10-11,13H,7-9,14H2,1-2H3. The average molecular weight is 251 g/mol. The summed E-state index contributed by atoms with van der Waals surface area (Å²) in [6.07, 6.45) is 3.70. The molecular weight excluding hydrogens is 230 g/mol. The molecule has 94 valence electrons. The van der Waals surface area contributed by atoms with Crippen molar-refractivity contribution >= 4 is 11.8 Å². The van der Waals surface area contributed by atoms with Crippen LogP contribution in [0.2, 0.25) is 0 Å². The Kier molecular flexibility index (Phi) is 4.42. The summed E-state index contributed by atoms with van der Waals surface area (Å²) >= 11 is 2.07. The van der Waals surface area contributed by atoms with Crippen LogP contribution >= 0.6 is 11.8 Å². The van der Waals surface area contributed by atoms with E-state index in [1.807, 2.05) is 12.4 Å². The van der Waals surface area contributed by atoms with E-state index in [2.05, 4.69) is 47.6 Å². The van der Waals surface area contributed by atoms with Gasteiger partial charge in [-0.15, -0.1) is 0 Å². The molecule has 1 saturated heterocycles. The van der Waals surface area contributed by atoms with Crippen LogP contribution in [0.25, 0.3) is 0 Å². The minimum absolute atomic E-state index is 0.337. The van der Waals surface area contributed by atoms with Gasteiger partial charge in [-0.1, -0.05) is 13.8 Å². The fourth-order valence-electron chi connectivity index (χ4n) is 2.55. The van der Waals surface area contributed by atoms with Crippen LogP contribution in [0.1, 0.15) is 25.5 Å². The van der Waals surface area contributed by atoms with Crippen LogP contribution < -0.4 is 5.73 Å². The van der Waals surface area contributed by atoms with Crippen molar-refractivity contribution in [1.82, 2.24) is 9.88 Å². The number of rotatable bonds is 3. The highest BCUT2D eigenvalue weighted by Crippen LogP contribution is 2.30. The van der Waals surface area contributed by atoms with E-state index in [9.17, 15) is 0 Å². The average Bonchev–Trinajstić information content (AvgIpc) is 2.30. The van der Waals surface area contributed by atoms with Gasteiger partial charge in [0, 0.05) is 48.6 Å². The molecule has 0 spiro atoms. The van der Waals surface area contributed by atoms with E-state index in [1.165, 1.54) is 5.56 Å². The molecule has 0 aliphatic carbocycles. The largest absolute Gasteiger partial charge is 0.329 e. The molecular formula is C13H21N3S. The minimum atomic E-state index is 0.337. The van der Waals surface area contributed by atoms with Crippen LogP contribution in [0.4, 0.5) is 0 Å². The summed E-state index contributed by atoms with van der Waals surface area (Å²) in [6.45, 7) is 7.52. The maximum Gasteiger partial charge on any atom is 0.0472 e. The van der Waals surface area contributed by atoms with Gasteiger partial charge in [0.1, 0.15) is 0 Å². The number of aromatic nitrogens is 1. The lowest BCUT2D eigenvalue weighted by atomic mass is 10.1. The zero-order valence-corrected chi connectivity index (χ0v) is 11.4. The molecule has 1 fully saturated rings. The monoisotopic (exact) mass is 251 g/mol. The maximum absolute atomic E-state index is 5.96. The smallest absolute Gasteiger partial charge is 0.0472 e. The summed E-state index contributed by atoms with van der Waals surface area (Å²) in [4.78, 5) is 6.59. The topological polar surface area (TPSA) is 42.1 Å². The van der Waals surface area contributed by atoms with Crippen molar-refractivity contribution in [1.29, 1.82) is 0 Å². The molecule has 17 heavy (non-hydrogen) atoms. The number of nitrogens with two attached hydrogens (primary N) is 1. The van der Waals surface area contributed by atoms with Crippen molar-refractivity contribution in [3.05, 3.63) is 30.1 Å². The van der Waals surface area contributed by atoms with Crippen LogP contribution in [0.5, 0.6) is 0 Å². The normalized spacial score (nSPS) is 27.9. The van der Waals surface area contributed by atoms with E-state index in [-0.39, 0.29) is 0 Å². The number of hydrogen-bond donors (Lipinski definition) is 1. The molecule has 0 aromatic carbocycles. The highest BCUT2D eigenvalue weighted by Gasteiger charge is 2.27. The first-order valence-corrected chi connectivity index (χ1v) is 7.14. The Hall–Kier alpha value is -0.580. The Balaban J connectivity index is 2.13. The summed E-state index contributed by atoms with van der Waals surface area (Å²) in [5, 5.41) is 1.38. The molecule has 3 nitrogen and oxygen atoms in total. The lowest BCUT2D eigenvalue weighted by Gasteiger charge is -2.39. The van der Waals surface area contributed by atoms with Gasteiger partial charge in [-0.05, 0) is 17.7 Å². The van der Waals surface area contributed by atoms with Crippen molar-refractivity contribution in [3.63, 3.8) is 0 Å². The van der Waals surface area contributed by atoms with Crippen molar-refractivity contribution in [2.45, 2.75) is 30.4 Å². The van der Waals surface area contributed by atoms with E-state index in [0.29, 0.717) is 23.1 Å². The summed E-state index contributed by atoms with van der Waals surface area (Å²) in [6, 6.07) is 4.49. The van der Waals surface area contributed by atoms with E-state index in [0.717, 1.165) is 13.1 Å². The molecule has 2 rings (SSSR count). The molecule has 0 amide bonds. The Morgan fingerprint density at radius 1 is 1.35 bits per heavy atom. The van der Waals surface area contributed by atoms with Crippen molar-refractivity contribution < 1.29 is 0 Å². The first-order valence-electron chi connectivity index (χ1n) is 6.20. The molecule has 3 atom stereocenters. The predicted octanol–water partition coefficient (Wildman–Crippen LogP) is 1.91. The lowest BCUT2D eigenvalue weighted by Crippen LogP contribution is -2.44. The van der Waals surface area contributed by atoms with Crippen LogP contribution in [-0.4, -0.2) is 40.0 Å².